The second-order valence-corrected chi connectivity index (χ2v) is 4.27. The minimum atomic E-state index is -0.158. The highest BCUT2D eigenvalue weighted by Crippen LogP contribution is 1.97. The van der Waals surface area contributed by atoms with Gasteiger partial charge in [-0.05, 0) is 25.5 Å². The number of carbonyl (C=O) groups is 2. The van der Waals surface area contributed by atoms with Crippen LogP contribution in [0.15, 0.2) is 30.3 Å². The standard InChI is InChI=1S/C15H22N2O3/c1-2-20-12-6-10-16-14(18)9-11-17-15(19)13-7-4-3-5-8-13/h3-5,7-8H,2,6,9-12H2,1H3,(H,16,18)(H,17,19). The topological polar surface area (TPSA) is 67.4 Å². The largest absolute Gasteiger partial charge is 0.382 e. The summed E-state index contributed by atoms with van der Waals surface area (Å²) in [6.07, 6.45) is 1.09. The fraction of sp³-hybridized carbons (Fsp3) is 0.467. The molecule has 20 heavy (non-hydrogen) atoms. The van der Waals surface area contributed by atoms with Crippen LogP contribution in [0.2, 0.25) is 0 Å². The summed E-state index contributed by atoms with van der Waals surface area (Å²) in [6, 6.07) is 8.94. The van der Waals surface area contributed by atoms with Crippen molar-refractivity contribution in [1.29, 1.82) is 0 Å². The Balaban J connectivity index is 2.08. The predicted molar refractivity (Wildman–Crippen MR) is 77.5 cm³/mol. The van der Waals surface area contributed by atoms with E-state index in [2.05, 4.69) is 10.6 Å². The van der Waals surface area contributed by atoms with Crippen LogP contribution in [0.1, 0.15) is 30.1 Å². The quantitative estimate of drug-likeness (QED) is 0.670. The Labute approximate surface area is 119 Å². The first-order valence-corrected chi connectivity index (χ1v) is 6.91. The van der Waals surface area contributed by atoms with Gasteiger partial charge in [0.05, 0.1) is 0 Å². The lowest BCUT2D eigenvalue weighted by atomic mass is 10.2. The minimum Gasteiger partial charge on any atom is -0.382 e. The number of nitrogens with one attached hydrogen (secondary N) is 2. The van der Waals surface area contributed by atoms with E-state index in [1.54, 1.807) is 24.3 Å². The van der Waals surface area contributed by atoms with Gasteiger partial charge in [-0.25, -0.2) is 0 Å². The average Bonchev–Trinajstić information content (AvgIpc) is 2.48. The number of hydrogen-bond donors (Lipinski definition) is 2. The highest BCUT2D eigenvalue weighted by molar-refractivity contribution is 5.94. The molecule has 0 heterocycles. The van der Waals surface area contributed by atoms with Crippen molar-refractivity contribution in [2.45, 2.75) is 19.8 Å². The van der Waals surface area contributed by atoms with E-state index in [1.807, 2.05) is 13.0 Å². The molecule has 0 aromatic heterocycles. The Hall–Kier alpha value is -1.88. The third-order valence-corrected chi connectivity index (χ3v) is 2.67. The van der Waals surface area contributed by atoms with Gasteiger partial charge < -0.3 is 15.4 Å². The van der Waals surface area contributed by atoms with E-state index in [9.17, 15) is 9.59 Å². The van der Waals surface area contributed by atoms with Crippen molar-refractivity contribution in [1.82, 2.24) is 10.6 Å². The van der Waals surface area contributed by atoms with Gasteiger partial charge in [-0.1, -0.05) is 18.2 Å². The summed E-state index contributed by atoms with van der Waals surface area (Å²) in [5.41, 5.74) is 0.602. The third-order valence-electron chi connectivity index (χ3n) is 2.67. The average molecular weight is 278 g/mol. The molecule has 0 fully saturated rings. The molecule has 0 radical (unpaired) electrons. The van der Waals surface area contributed by atoms with Crippen LogP contribution in [-0.4, -0.2) is 38.1 Å². The van der Waals surface area contributed by atoms with Gasteiger partial charge in [0.15, 0.2) is 0 Å². The molecule has 1 aromatic rings. The van der Waals surface area contributed by atoms with Crippen molar-refractivity contribution in [3.8, 4) is 0 Å². The number of amides is 2. The zero-order valence-electron chi connectivity index (χ0n) is 11.9. The van der Waals surface area contributed by atoms with Crippen molar-refractivity contribution in [3.05, 3.63) is 35.9 Å². The molecule has 0 aliphatic heterocycles. The lowest BCUT2D eigenvalue weighted by molar-refractivity contribution is -0.120. The minimum absolute atomic E-state index is 0.0603. The summed E-state index contributed by atoms with van der Waals surface area (Å²) in [5, 5.41) is 5.50. The number of benzene rings is 1. The summed E-state index contributed by atoms with van der Waals surface area (Å²) < 4.78 is 5.17. The molecule has 5 heteroatoms. The highest BCUT2D eigenvalue weighted by atomic mass is 16.5. The van der Waals surface area contributed by atoms with Crippen LogP contribution in [-0.2, 0) is 9.53 Å². The molecule has 1 aromatic carbocycles. The molecule has 2 amide bonds. The van der Waals surface area contributed by atoms with Crippen LogP contribution in [0, 0.1) is 0 Å². The molecule has 0 bridgehead atoms. The molecule has 0 aliphatic carbocycles. The normalized spacial score (nSPS) is 10.1. The van der Waals surface area contributed by atoms with Gasteiger partial charge in [-0.15, -0.1) is 0 Å². The van der Waals surface area contributed by atoms with Gasteiger partial charge in [0.1, 0.15) is 0 Å². The Morgan fingerprint density at radius 1 is 1.10 bits per heavy atom. The van der Waals surface area contributed by atoms with Gasteiger partial charge in [-0.3, -0.25) is 9.59 Å². The molecule has 0 saturated carbocycles. The Morgan fingerprint density at radius 3 is 2.55 bits per heavy atom. The number of rotatable bonds is 9. The molecule has 1 rings (SSSR count). The van der Waals surface area contributed by atoms with Gasteiger partial charge >= 0.3 is 0 Å². The lowest BCUT2D eigenvalue weighted by Gasteiger charge is -2.07. The molecular weight excluding hydrogens is 256 g/mol. The van der Waals surface area contributed by atoms with Gasteiger partial charge in [0, 0.05) is 38.3 Å². The van der Waals surface area contributed by atoms with Crippen molar-refractivity contribution in [2.24, 2.45) is 0 Å². The smallest absolute Gasteiger partial charge is 0.251 e. The molecular formula is C15H22N2O3. The zero-order chi connectivity index (χ0) is 14.6. The van der Waals surface area contributed by atoms with Crippen LogP contribution < -0.4 is 10.6 Å². The first-order valence-electron chi connectivity index (χ1n) is 6.91. The Kier molecular flexibility index (Phi) is 8.07. The summed E-state index contributed by atoms with van der Waals surface area (Å²) in [4.78, 5) is 23.2. The number of ether oxygens (including phenoxy) is 1. The van der Waals surface area contributed by atoms with E-state index in [4.69, 9.17) is 4.74 Å². The maximum Gasteiger partial charge on any atom is 0.251 e. The molecule has 0 saturated heterocycles. The van der Waals surface area contributed by atoms with E-state index in [0.717, 1.165) is 6.42 Å². The van der Waals surface area contributed by atoms with Gasteiger partial charge in [0.25, 0.3) is 5.91 Å². The SMILES string of the molecule is CCOCCCNC(=O)CCNC(=O)c1ccccc1. The first kappa shape index (κ1) is 16.2. The van der Waals surface area contributed by atoms with E-state index in [1.165, 1.54) is 0 Å². The molecule has 2 N–H and O–H groups in total. The zero-order valence-corrected chi connectivity index (χ0v) is 11.9. The maximum absolute atomic E-state index is 11.7. The first-order chi connectivity index (χ1) is 9.74. The lowest BCUT2D eigenvalue weighted by Crippen LogP contribution is -2.31. The van der Waals surface area contributed by atoms with Crippen LogP contribution in [0.3, 0.4) is 0 Å². The maximum atomic E-state index is 11.7. The third kappa shape index (κ3) is 6.89. The Morgan fingerprint density at radius 2 is 1.85 bits per heavy atom. The molecule has 5 nitrogen and oxygen atoms in total. The second kappa shape index (κ2) is 9.97. The van der Waals surface area contributed by atoms with Crippen LogP contribution in [0.5, 0.6) is 0 Å². The number of hydrogen-bond acceptors (Lipinski definition) is 3. The van der Waals surface area contributed by atoms with Crippen molar-refractivity contribution in [3.63, 3.8) is 0 Å². The summed E-state index contributed by atoms with van der Waals surface area (Å²) in [5.74, 6) is -0.218. The van der Waals surface area contributed by atoms with Crippen molar-refractivity contribution < 1.29 is 14.3 Å². The summed E-state index contributed by atoms with van der Waals surface area (Å²) in [7, 11) is 0. The summed E-state index contributed by atoms with van der Waals surface area (Å²) in [6.45, 7) is 4.23. The molecule has 0 spiro atoms. The number of carbonyl (C=O) groups excluding carboxylic acids is 2. The van der Waals surface area contributed by atoms with Gasteiger partial charge in [0.2, 0.25) is 5.91 Å². The van der Waals surface area contributed by atoms with E-state index >= 15 is 0 Å². The van der Waals surface area contributed by atoms with Crippen LogP contribution in [0.4, 0.5) is 0 Å². The van der Waals surface area contributed by atoms with Crippen molar-refractivity contribution >= 4 is 11.8 Å². The van der Waals surface area contributed by atoms with E-state index in [-0.39, 0.29) is 18.2 Å². The van der Waals surface area contributed by atoms with Crippen LogP contribution in [0.25, 0.3) is 0 Å². The predicted octanol–water partition coefficient (Wildman–Crippen LogP) is 1.35. The van der Waals surface area contributed by atoms with Gasteiger partial charge in [-0.2, -0.15) is 0 Å². The van der Waals surface area contributed by atoms with Crippen LogP contribution >= 0.6 is 0 Å². The molecule has 0 atom stereocenters. The van der Waals surface area contributed by atoms with E-state index < -0.39 is 0 Å². The molecule has 0 aliphatic rings. The highest BCUT2D eigenvalue weighted by Gasteiger charge is 2.05. The fourth-order valence-electron chi connectivity index (χ4n) is 1.62. The van der Waals surface area contributed by atoms with Crippen molar-refractivity contribution in [2.75, 3.05) is 26.3 Å². The van der Waals surface area contributed by atoms with E-state index in [0.29, 0.717) is 31.9 Å². The monoisotopic (exact) mass is 278 g/mol. The molecule has 0 unspecified atom stereocenters. The summed E-state index contributed by atoms with van der Waals surface area (Å²) >= 11 is 0. The molecule has 110 valence electrons. The fourth-order valence-corrected chi connectivity index (χ4v) is 1.62. The Bertz CT molecular complexity index is 407. The second-order valence-electron chi connectivity index (χ2n) is 4.27.